The zero-order valence-corrected chi connectivity index (χ0v) is 15.0. The average molecular weight is 382 g/mol. The predicted octanol–water partition coefficient (Wildman–Crippen LogP) is 2.89. The van der Waals surface area contributed by atoms with Crippen molar-refractivity contribution in [2.24, 2.45) is 0 Å². The predicted molar refractivity (Wildman–Crippen MR) is 88.1 cm³/mol. The summed E-state index contributed by atoms with van der Waals surface area (Å²) in [6.45, 7) is 6.36. The van der Waals surface area contributed by atoms with Gasteiger partial charge in [0.15, 0.2) is 5.65 Å². The molecule has 0 aliphatic heterocycles. The van der Waals surface area contributed by atoms with Crippen molar-refractivity contribution >= 4 is 11.6 Å². The van der Waals surface area contributed by atoms with Crippen molar-refractivity contribution in [3.8, 4) is 11.5 Å². The first-order chi connectivity index (χ1) is 12.6. The molecule has 0 aliphatic carbocycles. The topological polar surface area (TPSA) is 98.2 Å². The highest BCUT2D eigenvalue weighted by atomic mass is 19.4. The lowest BCUT2D eigenvalue weighted by Gasteiger charge is -2.16. The fourth-order valence-corrected chi connectivity index (χ4v) is 2.32. The second-order valence-corrected chi connectivity index (χ2v) is 6.42. The van der Waals surface area contributed by atoms with Gasteiger partial charge in [0.1, 0.15) is 17.3 Å². The van der Waals surface area contributed by atoms with E-state index in [0.717, 1.165) is 6.92 Å². The fourth-order valence-electron chi connectivity index (χ4n) is 2.32. The summed E-state index contributed by atoms with van der Waals surface area (Å²) < 4.78 is 44.6. The second-order valence-electron chi connectivity index (χ2n) is 6.42. The van der Waals surface area contributed by atoms with Crippen molar-refractivity contribution in [3.63, 3.8) is 0 Å². The number of fused-ring (bicyclic) bond motifs is 1. The number of amides is 1. The number of hydrogen-bond donors (Lipinski definition) is 1. The number of rotatable bonds is 4. The number of nitrogens with one attached hydrogen (secondary N) is 1. The number of alkyl halides is 3. The SMILES string of the molecule is Cc1cc(-c2noc(C(C)C)n2)nc2c(C(=O)NC(C)C(F)(F)F)cnn12. The van der Waals surface area contributed by atoms with E-state index in [9.17, 15) is 18.0 Å². The Bertz CT molecular complexity index is 992. The summed E-state index contributed by atoms with van der Waals surface area (Å²) in [5.41, 5.74) is 0.958. The van der Waals surface area contributed by atoms with E-state index in [1.807, 2.05) is 19.2 Å². The first kappa shape index (κ1) is 18.8. The molecule has 1 unspecified atom stereocenters. The van der Waals surface area contributed by atoms with Crippen molar-refractivity contribution < 1.29 is 22.5 Å². The number of carbonyl (C=O) groups is 1. The van der Waals surface area contributed by atoms with Gasteiger partial charge in [0.05, 0.1) is 6.20 Å². The Morgan fingerprint density at radius 3 is 2.56 bits per heavy atom. The Hall–Kier alpha value is -2.98. The van der Waals surface area contributed by atoms with E-state index in [0.29, 0.717) is 17.3 Å². The molecule has 11 heteroatoms. The molecule has 0 saturated heterocycles. The van der Waals surface area contributed by atoms with Crippen LogP contribution in [0.1, 0.15) is 48.6 Å². The molecule has 3 aromatic rings. The van der Waals surface area contributed by atoms with E-state index >= 15 is 0 Å². The standard InChI is InChI=1S/C16H17F3N6O2/c1-7(2)15-23-12(24-27-15)11-5-8(3)25-13(22-11)10(6-20-25)14(26)21-9(4)16(17,18)19/h5-7,9H,1-4H3,(H,21,26). The van der Waals surface area contributed by atoms with Crippen molar-refractivity contribution in [1.29, 1.82) is 0 Å². The lowest BCUT2D eigenvalue weighted by atomic mass is 10.2. The first-order valence-corrected chi connectivity index (χ1v) is 8.15. The minimum Gasteiger partial charge on any atom is -0.340 e. The summed E-state index contributed by atoms with van der Waals surface area (Å²) in [4.78, 5) is 20.8. The summed E-state index contributed by atoms with van der Waals surface area (Å²) in [6.07, 6.45) is -3.38. The van der Waals surface area contributed by atoms with E-state index in [4.69, 9.17) is 4.52 Å². The Balaban J connectivity index is 2.01. The molecule has 0 radical (unpaired) electrons. The van der Waals surface area contributed by atoms with Gasteiger partial charge in [-0.3, -0.25) is 4.79 Å². The highest BCUT2D eigenvalue weighted by molar-refractivity contribution is 6.00. The molecular weight excluding hydrogens is 365 g/mol. The summed E-state index contributed by atoms with van der Waals surface area (Å²) in [6, 6.07) is -0.357. The van der Waals surface area contributed by atoms with Crippen LogP contribution >= 0.6 is 0 Å². The maximum atomic E-state index is 12.7. The van der Waals surface area contributed by atoms with Crippen LogP contribution in [0.3, 0.4) is 0 Å². The van der Waals surface area contributed by atoms with E-state index < -0.39 is 18.1 Å². The van der Waals surface area contributed by atoms with Crippen LogP contribution in [0.2, 0.25) is 0 Å². The Labute approximate surface area is 151 Å². The van der Waals surface area contributed by atoms with Crippen LogP contribution in [0.15, 0.2) is 16.8 Å². The molecule has 3 heterocycles. The van der Waals surface area contributed by atoms with Gasteiger partial charge in [0, 0.05) is 11.6 Å². The van der Waals surface area contributed by atoms with Crippen LogP contribution in [0.5, 0.6) is 0 Å². The molecule has 1 amide bonds. The molecule has 0 spiro atoms. The molecular formula is C16H17F3N6O2. The molecule has 0 bridgehead atoms. The summed E-state index contributed by atoms with van der Waals surface area (Å²) in [5, 5.41) is 9.80. The van der Waals surface area contributed by atoms with E-state index in [-0.39, 0.29) is 23.0 Å². The third kappa shape index (κ3) is 3.62. The van der Waals surface area contributed by atoms with Gasteiger partial charge < -0.3 is 9.84 Å². The number of halogens is 3. The number of hydrogen-bond acceptors (Lipinski definition) is 6. The molecule has 1 atom stereocenters. The molecule has 0 fully saturated rings. The first-order valence-electron chi connectivity index (χ1n) is 8.15. The molecule has 27 heavy (non-hydrogen) atoms. The van der Waals surface area contributed by atoms with Gasteiger partial charge in [-0.25, -0.2) is 9.50 Å². The lowest BCUT2D eigenvalue weighted by Crippen LogP contribution is -2.43. The quantitative estimate of drug-likeness (QED) is 0.745. The van der Waals surface area contributed by atoms with Gasteiger partial charge in [-0.05, 0) is 19.9 Å². The van der Waals surface area contributed by atoms with Gasteiger partial charge in [0.2, 0.25) is 11.7 Å². The van der Waals surface area contributed by atoms with Crippen LogP contribution < -0.4 is 5.32 Å². The van der Waals surface area contributed by atoms with Crippen LogP contribution in [0, 0.1) is 6.92 Å². The molecule has 3 rings (SSSR count). The van der Waals surface area contributed by atoms with Crippen LogP contribution in [-0.2, 0) is 0 Å². The number of carbonyl (C=O) groups excluding carboxylic acids is 1. The van der Waals surface area contributed by atoms with Crippen molar-refractivity contribution in [2.45, 2.75) is 45.8 Å². The van der Waals surface area contributed by atoms with Gasteiger partial charge in [-0.2, -0.15) is 23.3 Å². The van der Waals surface area contributed by atoms with E-state index in [1.54, 1.807) is 13.0 Å². The normalized spacial score (nSPS) is 13.3. The molecule has 0 aliphatic rings. The fraction of sp³-hybridized carbons (Fsp3) is 0.438. The largest absolute Gasteiger partial charge is 0.408 e. The third-order valence-electron chi connectivity index (χ3n) is 3.90. The monoisotopic (exact) mass is 382 g/mol. The molecule has 0 saturated carbocycles. The molecule has 8 nitrogen and oxygen atoms in total. The number of aromatic nitrogens is 5. The van der Waals surface area contributed by atoms with E-state index in [1.165, 1.54) is 10.7 Å². The summed E-state index contributed by atoms with van der Waals surface area (Å²) in [5.74, 6) is -0.249. The Morgan fingerprint density at radius 1 is 1.26 bits per heavy atom. The van der Waals surface area contributed by atoms with Crippen LogP contribution in [-0.4, -0.2) is 42.9 Å². The van der Waals surface area contributed by atoms with Crippen LogP contribution in [0.4, 0.5) is 13.2 Å². The average Bonchev–Trinajstić information content (AvgIpc) is 3.21. The van der Waals surface area contributed by atoms with Gasteiger partial charge in [-0.1, -0.05) is 19.0 Å². The van der Waals surface area contributed by atoms with Crippen LogP contribution in [0.25, 0.3) is 17.2 Å². The highest BCUT2D eigenvalue weighted by Gasteiger charge is 2.37. The smallest absolute Gasteiger partial charge is 0.340 e. The Kier molecular flexibility index (Phi) is 4.62. The second kappa shape index (κ2) is 6.63. The highest BCUT2D eigenvalue weighted by Crippen LogP contribution is 2.23. The maximum absolute atomic E-state index is 12.7. The molecule has 3 aromatic heterocycles. The van der Waals surface area contributed by atoms with Gasteiger partial charge >= 0.3 is 6.18 Å². The number of aryl methyl sites for hydroxylation is 1. The minimum atomic E-state index is -4.55. The maximum Gasteiger partial charge on any atom is 0.408 e. The molecule has 144 valence electrons. The number of nitrogens with zero attached hydrogens (tertiary/aromatic N) is 5. The molecule has 0 aromatic carbocycles. The van der Waals surface area contributed by atoms with Crippen molar-refractivity contribution in [1.82, 2.24) is 30.1 Å². The summed E-state index contributed by atoms with van der Waals surface area (Å²) in [7, 11) is 0. The Morgan fingerprint density at radius 2 is 1.96 bits per heavy atom. The van der Waals surface area contributed by atoms with Crippen molar-refractivity contribution in [2.75, 3.05) is 0 Å². The van der Waals surface area contributed by atoms with Gasteiger partial charge in [-0.15, -0.1) is 0 Å². The zero-order valence-electron chi connectivity index (χ0n) is 15.0. The van der Waals surface area contributed by atoms with Crippen molar-refractivity contribution in [3.05, 3.63) is 29.4 Å². The van der Waals surface area contributed by atoms with E-state index in [2.05, 4.69) is 20.2 Å². The molecule has 1 N–H and O–H groups in total. The summed E-state index contributed by atoms with van der Waals surface area (Å²) >= 11 is 0. The lowest BCUT2D eigenvalue weighted by molar-refractivity contribution is -0.149. The third-order valence-corrected chi connectivity index (χ3v) is 3.90. The zero-order chi connectivity index (χ0) is 19.9. The minimum absolute atomic E-state index is 0.0243. The van der Waals surface area contributed by atoms with Gasteiger partial charge in [0.25, 0.3) is 5.91 Å².